The van der Waals surface area contributed by atoms with E-state index >= 15 is 0 Å². The fourth-order valence-corrected chi connectivity index (χ4v) is 2.68. The Morgan fingerprint density at radius 1 is 1.47 bits per heavy atom. The summed E-state index contributed by atoms with van der Waals surface area (Å²) in [6.45, 7) is 0. The third-order valence-corrected chi connectivity index (χ3v) is 4.37. The lowest BCUT2D eigenvalue weighted by Crippen LogP contribution is -1.91. The highest BCUT2D eigenvalue weighted by molar-refractivity contribution is 9.10. The number of hydrogen-bond acceptors (Lipinski definition) is 2. The Hall–Kier alpha value is -0.910. The monoisotopic (exact) mass is 334 g/mol. The number of benzene rings is 1. The number of hydrogen-bond donors (Lipinski definition) is 1. The van der Waals surface area contributed by atoms with Gasteiger partial charge in [-0.15, -0.1) is 11.3 Å². The number of carbonyl (C=O) groups is 1. The van der Waals surface area contributed by atoms with Crippen LogP contribution < -0.4 is 0 Å². The summed E-state index contributed by atoms with van der Waals surface area (Å²) in [6.07, 6.45) is 0. The van der Waals surface area contributed by atoms with Gasteiger partial charge in [0.15, 0.2) is 5.82 Å². The molecule has 0 saturated carbocycles. The fourth-order valence-electron chi connectivity index (χ4n) is 1.31. The maximum Gasteiger partial charge on any atom is 0.336 e. The molecule has 0 fully saturated rings. The Morgan fingerprint density at radius 3 is 2.76 bits per heavy atom. The Morgan fingerprint density at radius 2 is 2.18 bits per heavy atom. The molecule has 0 aliphatic carbocycles. The molecule has 0 atom stereocenters. The van der Waals surface area contributed by atoms with Crippen LogP contribution in [0.2, 0.25) is 5.02 Å². The van der Waals surface area contributed by atoms with E-state index in [0.717, 1.165) is 11.3 Å². The molecule has 88 valence electrons. The molecule has 1 N–H and O–H groups in total. The SMILES string of the molecule is O=C(O)c1csc(-c2ccc(Br)c(Cl)c2F)c1. The summed E-state index contributed by atoms with van der Waals surface area (Å²) in [5.74, 6) is -1.59. The van der Waals surface area contributed by atoms with Crippen molar-refractivity contribution in [2.75, 3.05) is 0 Å². The van der Waals surface area contributed by atoms with Gasteiger partial charge in [0.25, 0.3) is 0 Å². The van der Waals surface area contributed by atoms with E-state index in [1.165, 1.54) is 11.4 Å². The van der Waals surface area contributed by atoms with Crippen LogP contribution in [0.5, 0.6) is 0 Å². The minimum atomic E-state index is -1.03. The van der Waals surface area contributed by atoms with Crippen LogP contribution in [0.1, 0.15) is 10.4 Å². The largest absolute Gasteiger partial charge is 0.478 e. The Kier molecular flexibility index (Phi) is 3.51. The second kappa shape index (κ2) is 4.76. The second-order valence-electron chi connectivity index (χ2n) is 3.23. The van der Waals surface area contributed by atoms with Crippen LogP contribution in [0.15, 0.2) is 28.1 Å². The van der Waals surface area contributed by atoms with Crippen molar-refractivity contribution >= 4 is 44.8 Å². The normalized spacial score (nSPS) is 10.5. The van der Waals surface area contributed by atoms with Crippen LogP contribution in [0.3, 0.4) is 0 Å². The van der Waals surface area contributed by atoms with E-state index in [2.05, 4.69) is 15.9 Å². The molecule has 0 aliphatic rings. The first-order valence-corrected chi connectivity index (χ1v) is 6.51. The molecule has 1 heterocycles. The van der Waals surface area contributed by atoms with Crippen molar-refractivity contribution in [3.05, 3.63) is 44.5 Å². The quantitative estimate of drug-likeness (QED) is 0.810. The number of halogens is 3. The first kappa shape index (κ1) is 12.5. The zero-order valence-corrected chi connectivity index (χ0v) is 11.4. The van der Waals surface area contributed by atoms with Crippen molar-refractivity contribution in [1.82, 2.24) is 0 Å². The Labute approximate surface area is 114 Å². The smallest absolute Gasteiger partial charge is 0.336 e. The van der Waals surface area contributed by atoms with Crippen molar-refractivity contribution in [2.45, 2.75) is 0 Å². The standard InChI is InChI=1S/C11H5BrClFO2S/c12-7-2-1-6(10(14)9(7)13)8-3-5(4-17-8)11(15)16/h1-4H,(H,15,16). The van der Waals surface area contributed by atoms with E-state index in [1.54, 1.807) is 12.1 Å². The van der Waals surface area contributed by atoms with Crippen molar-refractivity contribution < 1.29 is 14.3 Å². The number of carboxylic acid groups (broad SMARTS) is 1. The molecular weight excluding hydrogens is 331 g/mol. The first-order valence-electron chi connectivity index (χ1n) is 4.46. The topological polar surface area (TPSA) is 37.3 Å². The molecule has 0 saturated heterocycles. The molecule has 0 bridgehead atoms. The third-order valence-electron chi connectivity index (χ3n) is 2.15. The van der Waals surface area contributed by atoms with Crippen molar-refractivity contribution in [2.24, 2.45) is 0 Å². The number of rotatable bonds is 2. The first-order chi connectivity index (χ1) is 8.00. The van der Waals surface area contributed by atoms with Gasteiger partial charge in [-0.3, -0.25) is 0 Å². The van der Waals surface area contributed by atoms with Crippen molar-refractivity contribution in [3.8, 4) is 10.4 Å². The average Bonchev–Trinajstić information content (AvgIpc) is 2.75. The number of aromatic carboxylic acids is 1. The highest BCUT2D eigenvalue weighted by Crippen LogP contribution is 2.35. The fraction of sp³-hybridized carbons (Fsp3) is 0. The molecule has 0 aliphatic heterocycles. The summed E-state index contributed by atoms with van der Waals surface area (Å²) in [4.78, 5) is 11.3. The number of thiophene rings is 1. The highest BCUT2D eigenvalue weighted by Gasteiger charge is 2.15. The minimum Gasteiger partial charge on any atom is -0.478 e. The van der Waals surface area contributed by atoms with Crippen LogP contribution in [0, 0.1) is 5.82 Å². The van der Waals surface area contributed by atoms with Crippen LogP contribution in [-0.2, 0) is 0 Å². The van der Waals surface area contributed by atoms with Gasteiger partial charge in [0.05, 0.1) is 10.6 Å². The van der Waals surface area contributed by atoms with Gasteiger partial charge >= 0.3 is 5.97 Å². The van der Waals surface area contributed by atoms with Gasteiger partial charge in [0, 0.05) is 20.3 Å². The lowest BCUT2D eigenvalue weighted by molar-refractivity contribution is 0.0697. The molecule has 1 aromatic carbocycles. The van der Waals surface area contributed by atoms with E-state index in [4.69, 9.17) is 16.7 Å². The minimum absolute atomic E-state index is 0.00669. The molecule has 17 heavy (non-hydrogen) atoms. The summed E-state index contributed by atoms with van der Waals surface area (Å²) >= 11 is 10.1. The van der Waals surface area contributed by atoms with E-state index in [-0.39, 0.29) is 10.6 Å². The predicted molar refractivity (Wildman–Crippen MR) is 69.4 cm³/mol. The van der Waals surface area contributed by atoms with E-state index < -0.39 is 11.8 Å². The maximum absolute atomic E-state index is 13.9. The molecule has 0 unspecified atom stereocenters. The molecule has 2 aromatic rings. The molecule has 0 spiro atoms. The zero-order chi connectivity index (χ0) is 12.6. The van der Waals surface area contributed by atoms with Gasteiger partial charge in [-0.2, -0.15) is 0 Å². The van der Waals surface area contributed by atoms with E-state index in [9.17, 15) is 9.18 Å². The molecule has 0 radical (unpaired) electrons. The average molecular weight is 336 g/mol. The summed E-state index contributed by atoms with van der Waals surface area (Å²) in [6, 6.07) is 4.61. The molecule has 0 amide bonds. The molecular formula is C11H5BrClFO2S. The Balaban J connectivity index is 2.53. The second-order valence-corrected chi connectivity index (χ2v) is 5.37. The van der Waals surface area contributed by atoms with Gasteiger partial charge in [0.2, 0.25) is 0 Å². The van der Waals surface area contributed by atoms with Crippen LogP contribution >= 0.6 is 38.9 Å². The van der Waals surface area contributed by atoms with Crippen molar-refractivity contribution in [1.29, 1.82) is 0 Å². The zero-order valence-electron chi connectivity index (χ0n) is 8.21. The van der Waals surface area contributed by atoms with Crippen LogP contribution in [0.4, 0.5) is 4.39 Å². The van der Waals surface area contributed by atoms with Gasteiger partial charge in [-0.25, -0.2) is 9.18 Å². The molecule has 1 aromatic heterocycles. The van der Waals surface area contributed by atoms with Gasteiger partial charge < -0.3 is 5.11 Å². The highest BCUT2D eigenvalue weighted by atomic mass is 79.9. The van der Waals surface area contributed by atoms with Crippen LogP contribution in [0.25, 0.3) is 10.4 Å². The third kappa shape index (κ3) is 2.36. The molecule has 2 rings (SSSR count). The van der Waals surface area contributed by atoms with Gasteiger partial charge in [-0.1, -0.05) is 11.6 Å². The summed E-state index contributed by atoms with van der Waals surface area (Å²) < 4.78 is 14.3. The summed E-state index contributed by atoms with van der Waals surface area (Å²) in [7, 11) is 0. The molecule has 2 nitrogen and oxygen atoms in total. The maximum atomic E-state index is 13.9. The lowest BCUT2D eigenvalue weighted by Gasteiger charge is -2.03. The van der Waals surface area contributed by atoms with E-state index in [1.807, 2.05) is 0 Å². The Bertz CT molecular complexity index is 597. The van der Waals surface area contributed by atoms with Gasteiger partial charge in [0.1, 0.15) is 0 Å². The molecule has 6 heteroatoms. The summed E-state index contributed by atoms with van der Waals surface area (Å²) in [5, 5.41) is 10.3. The van der Waals surface area contributed by atoms with Crippen LogP contribution in [-0.4, -0.2) is 11.1 Å². The van der Waals surface area contributed by atoms with Crippen molar-refractivity contribution in [3.63, 3.8) is 0 Å². The lowest BCUT2D eigenvalue weighted by atomic mass is 10.1. The summed E-state index contributed by atoms with van der Waals surface area (Å²) in [5.41, 5.74) is 0.444. The predicted octanol–water partition coefficient (Wildman–Crippen LogP) is 4.67. The number of carboxylic acids is 1. The van der Waals surface area contributed by atoms with E-state index in [0.29, 0.717) is 14.9 Å². The van der Waals surface area contributed by atoms with Gasteiger partial charge in [-0.05, 0) is 34.1 Å².